The van der Waals surface area contributed by atoms with Crippen molar-refractivity contribution in [1.29, 1.82) is 0 Å². The molecule has 0 fully saturated rings. The van der Waals surface area contributed by atoms with Gasteiger partial charge in [-0.15, -0.1) is 11.3 Å². The van der Waals surface area contributed by atoms with Gasteiger partial charge in [-0.2, -0.15) is 0 Å². The van der Waals surface area contributed by atoms with Gasteiger partial charge in [-0.25, -0.2) is 4.39 Å². The minimum atomic E-state index is -0.365. The third-order valence-corrected chi connectivity index (χ3v) is 4.57. The predicted molar refractivity (Wildman–Crippen MR) is 93.9 cm³/mol. The summed E-state index contributed by atoms with van der Waals surface area (Å²) in [7, 11) is 0. The monoisotopic (exact) mass is 337 g/mol. The fourth-order valence-electron chi connectivity index (χ4n) is 2.55. The van der Waals surface area contributed by atoms with Crippen LogP contribution in [0.25, 0.3) is 21.4 Å². The topological polar surface area (TPSA) is 42.2 Å². The Kier molecular flexibility index (Phi) is 3.63. The Hall–Kier alpha value is -2.92. The van der Waals surface area contributed by atoms with Crippen molar-refractivity contribution in [2.45, 2.75) is 0 Å². The van der Waals surface area contributed by atoms with E-state index in [1.54, 1.807) is 17.4 Å². The van der Waals surface area contributed by atoms with Crippen molar-refractivity contribution >= 4 is 33.9 Å². The van der Waals surface area contributed by atoms with Gasteiger partial charge < -0.3 is 9.73 Å². The van der Waals surface area contributed by atoms with Crippen LogP contribution in [0.3, 0.4) is 0 Å². The maximum atomic E-state index is 13.3. The van der Waals surface area contributed by atoms with Crippen LogP contribution < -0.4 is 5.32 Å². The number of nitrogens with one attached hydrogen (secondary N) is 1. The number of para-hydroxylation sites is 1. The molecule has 2 aromatic heterocycles. The van der Waals surface area contributed by atoms with Crippen LogP contribution in [-0.4, -0.2) is 5.91 Å². The number of fused-ring (bicyclic) bond motifs is 1. The van der Waals surface area contributed by atoms with Gasteiger partial charge >= 0.3 is 0 Å². The Morgan fingerprint density at radius 2 is 1.92 bits per heavy atom. The second kappa shape index (κ2) is 5.94. The lowest BCUT2D eigenvalue weighted by Crippen LogP contribution is -2.11. The fourth-order valence-corrected chi connectivity index (χ4v) is 3.31. The fraction of sp³-hybridized carbons (Fsp3) is 0. The SMILES string of the molecule is O=C(Nc1ccccc1-c1cccs1)c1cc2cc(F)ccc2o1. The van der Waals surface area contributed by atoms with E-state index in [1.807, 2.05) is 41.8 Å². The average Bonchev–Trinajstić information content (AvgIpc) is 3.24. The zero-order valence-corrected chi connectivity index (χ0v) is 13.3. The zero-order chi connectivity index (χ0) is 16.5. The summed E-state index contributed by atoms with van der Waals surface area (Å²) in [5.41, 5.74) is 2.13. The molecule has 5 heteroatoms. The number of furan rings is 1. The first kappa shape index (κ1) is 14.7. The number of hydrogen-bond acceptors (Lipinski definition) is 3. The van der Waals surface area contributed by atoms with Crippen molar-refractivity contribution < 1.29 is 13.6 Å². The number of benzene rings is 2. The number of carbonyl (C=O) groups is 1. The largest absolute Gasteiger partial charge is 0.451 e. The van der Waals surface area contributed by atoms with Crippen molar-refractivity contribution in [1.82, 2.24) is 0 Å². The van der Waals surface area contributed by atoms with Gasteiger partial charge in [0, 0.05) is 21.5 Å². The zero-order valence-electron chi connectivity index (χ0n) is 12.5. The van der Waals surface area contributed by atoms with Gasteiger partial charge in [-0.05, 0) is 41.8 Å². The van der Waals surface area contributed by atoms with E-state index in [4.69, 9.17) is 4.42 Å². The second-order valence-electron chi connectivity index (χ2n) is 5.27. The number of halogens is 1. The van der Waals surface area contributed by atoms with E-state index in [1.165, 1.54) is 18.2 Å². The average molecular weight is 337 g/mol. The number of thiophene rings is 1. The van der Waals surface area contributed by atoms with Gasteiger partial charge in [0.2, 0.25) is 0 Å². The van der Waals surface area contributed by atoms with E-state index in [0.29, 0.717) is 16.7 Å². The second-order valence-corrected chi connectivity index (χ2v) is 6.22. The van der Waals surface area contributed by atoms with Crippen molar-refractivity contribution in [3.05, 3.63) is 77.6 Å². The molecule has 1 N–H and O–H groups in total. The molecule has 24 heavy (non-hydrogen) atoms. The molecule has 0 radical (unpaired) electrons. The molecule has 0 saturated heterocycles. The highest BCUT2D eigenvalue weighted by atomic mass is 32.1. The van der Waals surface area contributed by atoms with Crippen LogP contribution in [0.15, 0.2) is 70.5 Å². The van der Waals surface area contributed by atoms with Crippen LogP contribution in [0.5, 0.6) is 0 Å². The number of anilines is 1. The van der Waals surface area contributed by atoms with E-state index in [2.05, 4.69) is 5.32 Å². The van der Waals surface area contributed by atoms with Gasteiger partial charge in [-0.1, -0.05) is 24.3 Å². The molecular formula is C19H12FNO2S. The summed E-state index contributed by atoms with van der Waals surface area (Å²) < 4.78 is 18.8. The van der Waals surface area contributed by atoms with Gasteiger partial charge in [0.05, 0.1) is 0 Å². The molecule has 1 amide bonds. The van der Waals surface area contributed by atoms with Gasteiger partial charge in [0.25, 0.3) is 5.91 Å². The molecule has 4 aromatic rings. The Labute approximate surface area is 141 Å². The van der Waals surface area contributed by atoms with Crippen molar-refractivity contribution in [2.24, 2.45) is 0 Å². The smallest absolute Gasteiger partial charge is 0.291 e. The lowest BCUT2D eigenvalue weighted by atomic mass is 10.1. The van der Waals surface area contributed by atoms with Crippen molar-refractivity contribution in [3.63, 3.8) is 0 Å². The summed E-state index contributed by atoms with van der Waals surface area (Å²) in [6, 6.07) is 17.3. The molecule has 0 spiro atoms. The summed E-state index contributed by atoms with van der Waals surface area (Å²) in [6.07, 6.45) is 0. The molecule has 3 nitrogen and oxygen atoms in total. The highest BCUT2D eigenvalue weighted by Crippen LogP contribution is 2.32. The molecule has 0 atom stereocenters. The minimum absolute atomic E-state index is 0.150. The molecule has 0 aliphatic heterocycles. The Balaban J connectivity index is 1.66. The first-order chi connectivity index (χ1) is 11.7. The van der Waals surface area contributed by atoms with Crippen molar-refractivity contribution in [2.75, 3.05) is 5.32 Å². The van der Waals surface area contributed by atoms with E-state index in [-0.39, 0.29) is 17.5 Å². The normalized spacial score (nSPS) is 10.9. The van der Waals surface area contributed by atoms with E-state index < -0.39 is 0 Å². The third kappa shape index (κ3) is 2.70. The molecule has 4 rings (SSSR count). The number of rotatable bonds is 3. The summed E-state index contributed by atoms with van der Waals surface area (Å²) >= 11 is 1.60. The standard InChI is InChI=1S/C19H12FNO2S/c20-13-7-8-16-12(10-13)11-17(23-16)19(22)21-15-5-2-1-4-14(15)18-6-3-9-24-18/h1-11H,(H,21,22). The highest BCUT2D eigenvalue weighted by molar-refractivity contribution is 7.13. The van der Waals surface area contributed by atoms with Crippen LogP contribution in [0.4, 0.5) is 10.1 Å². The molecular weight excluding hydrogens is 325 g/mol. The summed E-state index contributed by atoms with van der Waals surface area (Å²) in [5.74, 6) is -0.578. The third-order valence-electron chi connectivity index (χ3n) is 3.66. The highest BCUT2D eigenvalue weighted by Gasteiger charge is 2.15. The maximum Gasteiger partial charge on any atom is 0.291 e. The van der Waals surface area contributed by atoms with Gasteiger partial charge in [0.15, 0.2) is 5.76 Å². The molecule has 2 heterocycles. The summed E-state index contributed by atoms with van der Waals surface area (Å²) in [4.78, 5) is 13.6. The first-order valence-corrected chi connectivity index (χ1v) is 8.22. The van der Waals surface area contributed by atoms with Crippen LogP contribution in [-0.2, 0) is 0 Å². The molecule has 2 aromatic carbocycles. The number of amides is 1. The molecule has 0 aliphatic carbocycles. The molecule has 0 unspecified atom stereocenters. The van der Waals surface area contributed by atoms with Crippen LogP contribution in [0.1, 0.15) is 10.6 Å². The van der Waals surface area contributed by atoms with Crippen LogP contribution in [0.2, 0.25) is 0 Å². The van der Waals surface area contributed by atoms with Gasteiger partial charge in [0.1, 0.15) is 11.4 Å². The summed E-state index contributed by atoms with van der Waals surface area (Å²) in [6.45, 7) is 0. The molecule has 0 saturated carbocycles. The predicted octanol–water partition coefficient (Wildman–Crippen LogP) is 5.55. The van der Waals surface area contributed by atoms with E-state index in [9.17, 15) is 9.18 Å². The van der Waals surface area contributed by atoms with E-state index in [0.717, 1.165) is 10.4 Å². The molecule has 118 valence electrons. The van der Waals surface area contributed by atoms with E-state index >= 15 is 0 Å². The van der Waals surface area contributed by atoms with Crippen LogP contribution >= 0.6 is 11.3 Å². The Bertz CT molecular complexity index is 1020. The molecule has 0 aliphatic rings. The Morgan fingerprint density at radius 1 is 1.04 bits per heavy atom. The number of hydrogen-bond donors (Lipinski definition) is 1. The van der Waals surface area contributed by atoms with Crippen molar-refractivity contribution in [3.8, 4) is 10.4 Å². The Morgan fingerprint density at radius 3 is 2.75 bits per heavy atom. The summed E-state index contributed by atoms with van der Waals surface area (Å²) in [5, 5.41) is 5.42. The number of carbonyl (C=O) groups excluding carboxylic acids is 1. The maximum absolute atomic E-state index is 13.3. The van der Waals surface area contributed by atoms with Gasteiger partial charge in [-0.3, -0.25) is 4.79 Å². The quantitative estimate of drug-likeness (QED) is 0.532. The van der Waals surface area contributed by atoms with Crippen LogP contribution in [0, 0.1) is 5.82 Å². The molecule has 0 bridgehead atoms. The lowest BCUT2D eigenvalue weighted by Gasteiger charge is -2.08. The lowest BCUT2D eigenvalue weighted by molar-refractivity contribution is 0.0999. The minimum Gasteiger partial charge on any atom is -0.451 e. The first-order valence-electron chi connectivity index (χ1n) is 7.34.